The lowest BCUT2D eigenvalue weighted by Crippen LogP contribution is -2.40. The average Bonchev–Trinajstić information content (AvgIpc) is 2.48. The van der Waals surface area contributed by atoms with Crippen LogP contribution in [-0.2, 0) is 4.74 Å². The summed E-state index contributed by atoms with van der Waals surface area (Å²) in [6.07, 6.45) is 4.26. The molecule has 1 N–H and O–H groups in total. The summed E-state index contributed by atoms with van der Waals surface area (Å²) in [6, 6.07) is 1.95. The highest BCUT2D eigenvalue weighted by Gasteiger charge is 2.22. The zero-order valence-corrected chi connectivity index (χ0v) is 12.8. The van der Waals surface area contributed by atoms with E-state index in [0.29, 0.717) is 18.7 Å². The molecule has 1 aromatic rings. The van der Waals surface area contributed by atoms with Crippen molar-refractivity contribution in [3.63, 3.8) is 0 Å². The van der Waals surface area contributed by atoms with Crippen molar-refractivity contribution in [1.82, 2.24) is 9.88 Å². The Bertz CT molecular complexity index is 423. The molecule has 0 bridgehead atoms. The number of nitrogens with zero attached hydrogens (tertiary/aromatic N) is 2. The van der Waals surface area contributed by atoms with Gasteiger partial charge in [-0.2, -0.15) is 0 Å². The van der Waals surface area contributed by atoms with Crippen LogP contribution in [0.1, 0.15) is 37.6 Å². The van der Waals surface area contributed by atoms with Crippen molar-refractivity contribution in [3.05, 3.63) is 24.0 Å². The van der Waals surface area contributed by atoms with Crippen LogP contribution in [0.15, 0.2) is 18.5 Å². The fourth-order valence-corrected chi connectivity index (χ4v) is 2.00. The van der Waals surface area contributed by atoms with Crippen LogP contribution in [0.25, 0.3) is 0 Å². The Morgan fingerprint density at radius 3 is 2.85 bits per heavy atom. The molecule has 20 heavy (non-hydrogen) atoms. The van der Waals surface area contributed by atoms with Gasteiger partial charge in [-0.05, 0) is 26.3 Å². The number of rotatable bonds is 8. The molecular weight excluding hydrogens is 254 g/mol. The molecule has 1 rings (SSSR count). The molecule has 0 aliphatic carbocycles. The van der Waals surface area contributed by atoms with Crippen molar-refractivity contribution in [3.8, 4) is 0 Å². The van der Waals surface area contributed by atoms with Gasteiger partial charge in [-0.15, -0.1) is 0 Å². The third-order valence-corrected chi connectivity index (χ3v) is 3.34. The van der Waals surface area contributed by atoms with Crippen molar-refractivity contribution in [2.45, 2.75) is 33.2 Å². The van der Waals surface area contributed by atoms with Crippen LogP contribution < -0.4 is 5.32 Å². The summed E-state index contributed by atoms with van der Waals surface area (Å²) in [5.41, 5.74) is 1.45. The summed E-state index contributed by atoms with van der Waals surface area (Å²) >= 11 is 0. The second kappa shape index (κ2) is 8.53. The molecule has 0 aliphatic rings. The maximum absolute atomic E-state index is 12.7. The molecule has 1 unspecified atom stereocenters. The monoisotopic (exact) mass is 279 g/mol. The maximum Gasteiger partial charge on any atom is 0.256 e. The molecule has 5 nitrogen and oxygen atoms in total. The quantitative estimate of drug-likeness (QED) is 0.794. The van der Waals surface area contributed by atoms with Crippen LogP contribution >= 0.6 is 0 Å². The van der Waals surface area contributed by atoms with Gasteiger partial charge in [0.15, 0.2) is 0 Å². The van der Waals surface area contributed by atoms with E-state index in [4.69, 9.17) is 4.74 Å². The highest BCUT2D eigenvalue weighted by Crippen LogP contribution is 2.18. The van der Waals surface area contributed by atoms with Crippen LogP contribution in [0.3, 0.4) is 0 Å². The fourth-order valence-electron chi connectivity index (χ4n) is 2.00. The first-order valence-corrected chi connectivity index (χ1v) is 7.13. The van der Waals surface area contributed by atoms with Gasteiger partial charge in [-0.3, -0.25) is 9.78 Å². The summed E-state index contributed by atoms with van der Waals surface area (Å²) in [6.45, 7) is 8.03. The molecular formula is C15H25N3O2. The lowest BCUT2D eigenvalue weighted by Gasteiger charge is -2.29. The Labute approximate surface area is 121 Å². The van der Waals surface area contributed by atoms with Crippen LogP contribution in [0.4, 0.5) is 5.69 Å². The van der Waals surface area contributed by atoms with E-state index in [9.17, 15) is 4.79 Å². The Morgan fingerprint density at radius 2 is 2.25 bits per heavy atom. The molecule has 0 aliphatic heterocycles. The molecule has 0 radical (unpaired) electrons. The van der Waals surface area contributed by atoms with Crippen LogP contribution in [-0.4, -0.2) is 48.6 Å². The highest BCUT2D eigenvalue weighted by atomic mass is 16.5. The van der Waals surface area contributed by atoms with Gasteiger partial charge < -0.3 is 15.0 Å². The van der Waals surface area contributed by atoms with Gasteiger partial charge >= 0.3 is 0 Å². The van der Waals surface area contributed by atoms with E-state index in [0.717, 1.165) is 18.7 Å². The molecule has 1 heterocycles. The van der Waals surface area contributed by atoms with E-state index in [1.54, 1.807) is 25.6 Å². The number of amides is 1. The number of ether oxygens (including phenoxy) is 1. The Balaban J connectivity index is 2.98. The molecule has 5 heteroatoms. The van der Waals surface area contributed by atoms with E-state index in [1.165, 1.54) is 0 Å². The number of nitrogens with one attached hydrogen (secondary N) is 1. The van der Waals surface area contributed by atoms with E-state index in [1.807, 2.05) is 11.8 Å². The number of methoxy groups -OCH3 is 1. The molecule has 0 aromatic carbocycles. The minimum atomic E-state index is 0.0229. The molecule has 1 aromatic heterocycles. The average molecular weight is 279 g/mol. The minimum absolute atomic E-state index is 0.0229. The number of hydrogen-bond acceptors (Lipinski definition) is 4. The Morgan fingerprint density at radius 1 is 1.50 bits per heavy atom. The number of carbonyl (C=O) groups is 1. The Hall–Kier alpha value is -1.62. The van der Waals surface area contributed by atoms with E-state index in [2.05, 4.69) is 24.1 Å². The fraction of sp³-hybridized carbons (Fsp3) is 0.600. The van der Waals surface area contributed by atoms with Crippen molar-refractivity contribution in [2.75, 3.05) is 32.1 Å². The van der Waals surface area contributed by atoms with E-state index in [-0.39, 0.29) is 11.9 Å². The number of hydrogen-bond donors (Lipinski definition) is 1. The summed E-state index contributed by atoms with van der Waals surface area (Å²) in [5.74, 6) is 0.0229. The van der Waals surface area contributed by atoms with Gasteiger partial charge in [0, 0.05) is 32.4 Å². The number of carbonyl (C=O) groups excluding carboxylic acids is 1. The molecule has 112 valence electrons. The van der Waals surface area contributed by atoms with Crippen molar-refractivity contribution in [1.29, 1.82) is 0 Å². The van der Waals surface area contributed by atoms with Crippen LogP contribution in [0.5, 0.6) is 0 Å². The first kappa shape index (κ1) is 16.4. The predicted octanol–water partition coefficient (Wildman–Crippen LogP) is 2.40. The van der Waals surface area contributed by atoms with Gasteiger partial charge in [0.05, 0.1) is 24.1 Å². The molecule has 0 fully saturated rings. The number of anilines is 1. The zero-order chi connectivity index (χ0) is 15.0. The first-order valence-electron chi connectivity index (χ1n) is 7.13. The zero-order valence-electron chi connectivity index (χ0n) is 12.8. The molecule has 0 spiro atoms. The summed E-state index contributed by atoms with van der Waals surface area (Å²) < 4.78 is 5.11. The second-order valence-electron chi connectivity index (χ2n) is 4.70. The topological polar surface area (TPSA) is 54.5 Å². The molecule has 0 saturated heterocycles. The first-order chi connectivity index (χ1) is 9.65. The lowest BCUT2D eigenvalue weighted by atomic mass is 10.1. The maximum atomic E-state index is 12.7. The van der Waals surface area contributed by atoms with Gasteiger partial charge in [-0.1, -0.05) is 6.92 Å². The van der Waals surface area contributed by atoms with Crippen LogP contribution in [0, 0.1) is 0 Å². The van der Waals surface area contributed by atoms with Gasteiger partial charge in [-0.25, -0.2) is 0 Å². The third kappa shape index (κ3) is 4.20. The second-order valence-corrected chi connectivity index (χ2v) is 4.70. The normalized spacial score (nSPS) is 12.0. The summed E-state index contributed by atoms with van der Waals surface area (Å²) in [4.78, 5) is 18.7. The number of aromatic nitrogens is 1. The molecule has 1 atom stereocenters. The van der Waals surface area contributed by atoms with E-state index >= 15 is 0 Å². The lowest BCUT2D eigenvalue weighted by molar-refractivity contribution is 0.0615. The smallest absolute Gasteiger partial charge is 0.256 e. The van der Waals surface area contributed by atoms with Gasteiger partial charge in [0.25, 0.3) is 5.91 Å². The molecule has 0 saturated carbocycles. The van der Waals surface area contributed by atoms with E-state index < -0.39 is 0 Å². The third-order valence-electron chi connectivity index (χ3n) is 3.34. The molecule has 1 amide bonds. The predicted molar refractivity (Wildman–Crippen MR) is 81.1 cm³/mol. The largest absolute Gasteiger partial charge is 0.383 e. The van der Waals surface area contributed by atoms with Crippen LogP contribution in [0.2, 0.25) is 0 Å². The number of pyridine rings is 1. The van der Waals surface area contributed by atoms with Gasteiger partial charge in [0.2, 0.25) is 0 Å². The Kier molecular flexibility index (Phi) is 7.01. The highest BCUT2D eigenvalue weighted by molar-refractivity contribution is 5.99. The summed E-state index contributed by atoms with van der Waals surface area (Å²) in [5, 5.41) is 3.18. The summed E-state index contributed by atoms with van der Waals surface area (Å²) in [7, 11) is 1.65. The standard InChI is InChI=1S/C15H25N3O2/c1-5-12(3)18(9-10-20-4)15(19)13-7-8-16-11-14(13)17-6-2/h7-8,11-12,17H,5-6,9-10H2,1-4H3. The SMILES string of the molecule is CCNc1cnccc1C(=O)N(CCOC)C(C)CC. The van der Waals surface area contributed by atoms with Crippen molar-refractivity contribution >= 4 is 11.6 Å². The minimum Gasteiger partial charge on any atom is -0.383 e. The van der Waals surface area contributed by atoms with Gasteiger partial charge in [0.1, 0.15) is 0 Å². The van der Waals surface area contributed by atoms with Crippen molar-refractivity contribution in [2.24, 2.45) is 0 Å². The van der Waals surface area contributed by atoms with Crippen molar-refractivity contribution < 1.29 is 9.53 Å².